The Morgan fingerprint density at radius 1 is 1.41 bits per heavy atom. The molecule has 2 atom stereocenters. The molecule has 0 aromatic rings. The molecule has 17 heavy (non-hydrogen) atoms. The number of piperidine rings is 1. The molecule has 2 fully saturated rings. The number of rotatable bonds is 5. The minimum absolute atomic E-state index is 0.0101. The Kier molecular flexibility index (Phi) is 4.05. The number of hydrogen-bond acceptors (Lipinski definition) is 3. The highest BCUT2D eigenvalue weighted by Crippen LogP contribution is 2.24. The number of aliphatic hydroxyl groups is 1. The molecule has 1 aliphatic carbocycles. The molecule has 0 bridgehead atoms. The molecular formula is C13H24N2O2. The van der Waals surface area contributed by atoms with E-state index >= 15 is 0 Å². The van der Waals surface area contributed by atoms with Gasteiger partial charge in [-0.1, -0.05) is 13.8 Å². The predicted octanol–water partition coefficient (Wildman–Crippen LogP) is 0.746. The molecule has 1 aliphatic heterocycles. The van der Waals surface area contributed by atoms with Crippen molar-refractivity contribution in [3.8, 4) is 0 Å². The molecule has 4 heteroatoms. The van der Waals surface area contributed by atoms with E-state index in [4.69, 9.17) is 0 Å². The van der Waals surface area contributed by atoms with Crippen LogP contribution in [-0.2, 0) is 4.79 Å². The van der Waals surface area contributed by atoms with Crippen molar-refractivity contribution in [2.75, 3.05) is 13.2 Å². The first-order chi connectivity index (χ1) is 8.13. The van der Waals surface area contributed by atoms with E-state index in [9.17, 15) is 9.90 Å². The van der Waals surface area contributed by atoms with Crippen LogP contribution >= 0.6 is 0 Å². The molecule has 2 rings (SSSR count). The van der Waals surface area contributed by atoms with Gasteiger partial charge in [0.25, 0.3) is 0 Å². The van der Waals surface area contributed by atoms with Crippen LogP contribution in [-0.4, -0.2) is 47.2 Å². The second-order valence-corrected chi connectivity index (χ2v) is 5.66. The number of carbonyl (C=O) groups is 1. The molecule has 1 saturated heterocycles. The van der Waals surface area contributed by atoms with Crippen LogP contribution in [0.3, 0.4) is 0 Å². The fourth-order valence-electron chi connectivity index (χ4n) is 2.59. The normalized spacial score (nSPS) is 27.6. The molecule has 98 valence electrons. The monoisotopic (exact) mass is 240 g/mol. The van der Waals surface area contributed by atoms with E-state index in [0.717, 1.165) is 19.4 Å². The van der Waals surface area contributed by atoms with Crippen molar-refractivity contribution >= 4 is 5.91 Å². The highest BCUT2D eigenvalue weighted by atomic mass is 16.3. The maximum absolute atomic E-state index is 12.3. The maximum Gasteiger partial charge on any atom is 0.240 e. The molecule has 2 aliphatic rings. The lowest BCUT2D eigenvalue weighted by Gasteiger charge is -2.39. The third-order valence-corrected chi connectivity index (χ3v) is 3.84. The molecule has 1 unspecified atom stereocenters. The third kappa shape index (κ3) is 2.99. The van der Waals surface area contributed by atoms with Crippen LogP contribution in [0.25, 0.3) is 0 Å². The summed E-state index contributed by atoms with van der Waals surface area (Å²) in [4.78, 5) is 14.2. The Balaban J connectivity index is 1.98. The van der Waals surface area contributed by atoms with E-state index in [2.05, 4.69) is 19.2 Å². The standard InChI is InChI=1S/C13H24N2O2/c1-9(2)12(8-16)15-7-3-4-11(13(15)17)14-10-5-6-10/h9-12,14,16H,3-8H2,1-2H3/t11?,12-/m0/s1. The quantitative estimate of drug-likeness (QED) is 0.745. The predicted molar refractivity (Wildman–Crippen MR) is 66.6 cm³/mol. The SMILES string of the molecule is CC(C)[C@H](CO)N1CCCC(NC2CC2)C1=O. The van der Waals surface area contributed by atoms with Crippen LogP contribution in [0.1, 0.15) is 39.5 Å². The van der Waals surface area contributed by atoms with Gasteiger partial charge in [0.15, 0.2) is 0 Å². The largest absolute Gasteiger partial charge is 0.394 e. The van der Waals surface area contributed by atoms with Crippen LogP contribution in [0.5, 0.6) is 0 Å². The molecule has 0 aromatic heterocycles. The second kappa shape index (κ2) is 5.36. The summed E-state index contributed by atoms with van der Waals surface area (Å²) < 4.78 is 0. The summed E-state index contributed by atoms with van der Waals surface area (Å²) in [7, 11) is 0. The Morgan fingerprint density at radius 3 is 2.65 bits per heavy atom. The summed E-state index contributed by atoms with van der Waals surface area (Å²) in [6.07, 6.45) is 4.40. The van der Waals surface area contributed by atoms with Crippen molar-refractivity contribution in [2.24, 2.45) is 5.92 Å². The summed E-state index contributed by atoms with van der Waals surface area (Å²) in [5.41, 5.74) is 0. The van der Waals surface area contributed by atoms with E-state index in [1.54, 1.807) is 0 Å². The van der Waals surface area contributed by atoms with E-state index in [-0.39, 0.29) is 24.6 Å². The summed E-state index contributed by atoms with van der Waals surface area (Å²) >= 11 is 0. The third-order valence-electron chi connectivity index (χ3n) is 3.84. The number of likely N-dealkylation sites (tertiary alicyclic amines) is 1. The first kappa shape index (κ1) is 12.8. The molecule has 4 nitrogen and oxygen atoms in total. The number of aliphatic hydroxyl groups excluding tert-OH is 1. The van der Waals surface area contributed by atoms with Gasteiger partial charge in [-0.15, -0.1) is 0 Å². The summed E-state index contributed by atoms with van der Waals surface area (Å²) in [5, 5.41) is 12.9. The highest BCUT2D eigenvalue weighted by molar-refractivity contribution is 5.83. The van der Waals surface area contributed by atoms with Gasteiger partial charge in [-0.25, -0.2) is 0 Å². The Morgan fingerprint density at radius 2 is 2.12 bits per heavy atom. The minimum atomic E-state index is -0.0219. The summed E-state index contributed by atoms with van der Waals surface area (Å²) in [6.45, 7) is 4.99. The molecule has 1 saturated carbocycles. The van der Waals surface area contributed by atoms with Crippen molar-refractivity contribution in [3.05, 3.63) is 0 Å². The van der Waals surface area contributed by atoms with Gasteiger partial charge in [0.2, 0.25) is 5.91 Å². The number of nitrogens with zero attached hydrogens (tertiary/aromatic N) is 1. The van der Waals surface area contributed by atoms with Gasteiger partial charge < -0.3 is 15.3 Å². The first-order valence-corrected chi connectivity index (χ1v) is 6.81. The zero-order valence-corrected chi connectivity index (χ0v) is 10.9. The molecule has 0 aromatic carbocycles. The van der Waals surface area contributed by atoms with Crippen LogP contribution in [0.4, 0.5) is 0 Å². The van der Waals surface area contributed by atoms with Crippen molar-refractivity contribution < 1.29 is 9.90 Å². The topological polar surface area (TPSA) is 52.6 Å². The zero-order valence-electron chi connectivity index (χ0n) is 10.9. The van der Waals surface area contributed by atoms with Crippen LogP contribution < -0.4 is 5.32 Å². The average Bonchev–Trinajstić information content (AvgIpc) is 3.08. The Labute approximate surface area is 103 Å². The van der Waals surface area contributed by atoms with E-state index in [0.29, 0.717) is 12.0 Å². The molecular weight excluding hydrogens is 216 g/mol. The Hall–Kier alpha value is -0.610. The van der Waals surface area contributed by atoms with E-state index in [1.807, 2.05) is 4.90 Å². The van der Waals surface area contributed by atoms with Gasteiger partial charge in [-0.05, 0) is 31.6 Å². The maximum atomic E-state index is 12.3. The van der Waals surface area contributed by atoms with Gasteiger partial charge in [0, 0.05) is 12.6 Å². The van der Waals surface area contributed by atoms with Gasteiger partial charge in [0.1, 0.15) is 0 Å². The number of amides is 1. The van der Waals surface area contributed by atoms with Crippen LogP contribution in [0.15, 0.2) is 0 Å². The lowest BCUT2D eigenvalue weighted by molar-refractivity contribution is -0.140. The van der Waals surface area contributed by atoms with Crippen molar-refractivity contribution in [2.45, 2.75) is 57.7 Å². The zero-order chi connectivity index (χ0) is 12.4. The van der Waals surface area contributed by atoms with E-state index in [1.165, 1.54) is 12.8 Å². The van der Waals surface area contributed by atoms with E-state index < -0.39 is 0 Å². The van der Waals surface area contributed by atoms with Crippen LogP contribution in [0.2, 0.25) is 0 Å². The number of nitrogens with one attached hydrogen (secondary N) is 1. The van der Waals surface area contributed by atoms with Crippen LogP contribution in [0, 0.1) is 5.92 Å². The number of carbonyl (C=O) groups excluding carboxylic acids is 1. The summed E-state index contributed by atoms with van der Waals surface area (Å²) in [6, 6.07) is 0.533. The van der Waals surface area contributed by atoms with Gasteiger partial charge in [0.05, 0.1) is 18.7 Å². The second-order valence-electron chi connectivity index (χ2n) is 5.66. The van der Waals surface area contributed by atoms with Crippen molar-refractivity contribution in [3.63, 3.8) is 0 Å². The molecule has 0 spiro atoms. The average molecular weight is 240 g/mol. The smallest absolute Gasteiger partial charge is 0.240 e. The molecule has 1 amide bonds. The molecule has 0 radical (unpaired) electrons. The van der Waals surface area contributed by atoms with Crippen molar-refractivity contribution in [1.82, 2.24) is 10.2 Å². The summed E-state index contributed by atoms with van der Waals surface area (Å²) in [5.74, 6) is 0.500. The molecule has 1 heterocycles. The lowest BCUT2D eigenvalue weighted by Crippen LogP contribution is -2.56. The fraction of sp³-hybridized carbons (Fsp3) is 0.923. The first-order valence-electron chi connectivity index (χ1n) is 6.81. The number of hydrogen-bond donors (Lipinski definition) is 2. The molecule has 2 N–H and O–H groups in total. The Bertz CT molecular complexity index is 277. The van der Waals surface area contributed by atoms with Gasteiger partial charge in [-0.3, -0.25) is 4.79 Å². The fourth-order valence-corrected chi connectivity index (χ4v) is 2.59. The van der Waals surface area contributed by atoms with Gasteiger partial charge >= 0.3 is 0 Å². The van der Waals surface area contributed by atoms with Gasteiger partial charge in [-0.2, -0.15) is 0 Å². The van der Waals surface area contributed by atoms with Crippen molar-refractivity contribution in [1.29, 1.82) is 0 Å². The lowest BCUT2D eigenvalue weighted by atomic mass is 9.97. The minimum Gasteiger partial charge on any atom is -0.394 e. The highest BCUT2D eigenvalue weighted by Gasteiger charge is 2.36.